The van der Waals surface area contributed by atoms with Crippen LogP contribution in [-0.4, -0.2) is 21.3 Å². The lowest BCUT2D eigenvalue weighted by molar-refractivity contribution is -0.131. The van der Waals surface area contributed by atoms with Crippen LogP contribution < -0.4 is 0 Å². The summed E-state index contributed by atoms with van der Waals surface area (Å²) in [5.74, 6) is -1.02. The number of allylic oxidation sites excluding steroid dienone is 1. The predicted octanol–water partition coefficient (Wildman–Crippen LogP) is 6.03. The van der Waals surface area contributed by atoms with E-state index >= 15 is 0 Å². The van der Waals surface area contributed by atoms with Crippen LogP contribution in [-0.2, 0) is 4.79 Å². The minimum atomic E-state index is -2.17. The second-order valence-electron chi connectivity index (χ2n) is 6.86. The van der Waals surface area contributed by atoms with Gasteiger partial charge in [-0.2, -0.15) is 5.10 Å². The van der Waals surface area contributed by atoms with Gasteiger partial charge in [-0.1, -0.05) is 67.5 Å². The smallest absolute Gasteiger partial charge is 0.328 e. The Kier molecular flexibility index (Phi) is 4.58. The van der Waals surface area contributed by atoms with E-state index in [-0.39, 0.29) is 6.42 Å². The molecule has 148 valence electrons. The minimum Gasteiger partial charge on any atom is -0.478 e. The van der Waals surface area contributed by atoms with E-state index in [1.165, 1.54) is 6.08 Å². The van der Waals surface area contributed by atoms with Gasteiger partial charge in [0.1, 0.15) is 0 Å². The normalized spacial score (nSPS) is 14.2. The van der Waals surface area contributed by atoms with Gasteiger partial charge in [0.25, 0.3) is 0 Å². The number of H-pyrrole nitrogens is 1. The molecule has 2 N–H and O–H groups in total. The molecule has 0 unspecified atom stereocenters. The van der Waals surface area contributed by atoms with E-state index in [2.05, 4.69) is 10.2 Å². The number of nitrogens with zero attached hydrogens (tertiary/aromatic N) is 1. The van der Waals surface area contributed by atoms with E-state index in [9.17, 15) is 4.79 Å². The molecule has 0 bridgehead atoms. The molecule has 1 heterocycles. The summed E-state index contributed by atoms with van der Waals surface area (Å²) in [5.41, 5.74) is 5.72. The van der Waals surface area contributed by atoms with Crippen LogP contribution in [0.15, 0.2) is 85.1 Å². The quantitative estimate of drug-likeness (QED) is 0.308. The molecule has 4 heteroatoms. The van der Waals surface area contributed by atoms with Crippen LogP contribution >= 0.6 is 0 Å². The fourth-order valence-electron chi connectivity index (χ4n) is 3.52. The summed E-state index contributed by atoms with van der Waals surface area (Å²) in [6.45, 7) is -2.17. The van der Waals surface area contributed by atoms with E-state index in [4.69, 9.17) is 9.22 Å². The van der Waals surface area contributed by atoms with Gasteiger partial charge in [-0.25, -0.2) is 4.79 Å². The standard InChI is InChI=1S/C26H22N2O2/c1-2-23(19-6-4-3-5-7-19)26(21-13-14-24-22(16-21)17-27-28-24)20-11-8-18(9-12-20)10-15-25(29)30/h3-17H,2H2,1H3,(H,27,28)(H,29,30)/i1D3. The first-order valence-electron chi connectivity index (χ1n) is 11.0. The number of carboxylic acid groups (broad SMARTS) is 1. The fraction of sp³-hybridized carbons (Fsp3) is 0.0769. The van der Waals surface area contributed by atoms with E-state index in [1.807, 2.05) is 72.8 Å². The Morgan fingerprint density at radius 1 is 1.03 bits per heavy atom. The van der Waals surface area contributed by atoms with Gasteiger partial charge in [-0.15, -0.1) is 0 Å². The maximum Gasteiger partial charge on any atom is 0.328 e. The first-order valence-corrected chi connectivity index (χ1v) is 9.54. The summed E-state index contributed by atoms with van der Waals surface area (Å²) in [7, 11) is 0. The summed E-state index contributed by atoms with van der Waals surface area (Å²) in [4.78, 5) is 10.8. The number of aliphatic carboxylic acids is 1. The second-order valence-corrected chi connectivity index (χ2v) is 6.86. The molecule has 0 spiro atoms. The van der Waals surface area contributed by atoms with Crippen molar-refractivity contribution < 1.29 is 14.0 Å². The van der Waals surface area contributed by atoms with Crippen molar-refractivity contribution in [2.75, 3.05) is 0 Å². The van der Waals surface area contributed by atoms with Crippen LogP contribution in [0.1, 0.15) is 39.6 Å². The Hall–Kier alpha value is -3.92. The van der Waals surface area contributed by atoms with Gasteiger partial charge in [0.2, 0.25) is 0 Å². The Labute approximate surface area is 179 Å². The van der Waals surface area contributed by atoms with Gasteiger partial charge in [0, 0.05) is 15.6 Å². The number of carboxylic acids is 1. The Morgan fingerprint density at radius 3 is 2.53 bits per heavy atom. The molecule has 0 amide bonds. The number of rotatable bonds is 6. The van der Waals surface area contributed by atoms with Crippen molar-refractivity contribution in [2.24, 2.45) is 0 Å². The van der Waals surface area contributed by atoms with Gasteiger partial charge in [0.15, 0.2) is 0 Å². The maximum absolute atomic E-state index is 10.8. The van der Waals surface area contributed by atoms with Gasteiger partial charge < -0.3 is 5.11 Å². The molecule has 0 radical (unpaired) electrons. The molecule has 0 saturated heterocycles. The van der Waals surface area contributed by atoms with Crippen molar-refractivity contribution >= 4 is 34.1 Å². The Morgan fingerprint density at radius 2 is 1.80 bits per heavy atom. The average molecular weight is 397 g/mol. The Bertz CT molecular complexity index is 1340. The summed E-state index contributed by atoms with van der Waals surface area (Å²) >= 11 is 0. The molecule has 30 heavy (non-hydrogen) atoms. The molecule has 0 atom stereocenters. The van der Waals surface area contributed by atoms with Crippen molar-refractivity contribution in [1.29, 1.82) is 0 Å². The van der Waals surface area contributed by atoms with Crippen LogP contribution in [0.4, 0.5) is 0 Å². The molecule has 4 aromatic rings. The zero-order valence-electron chi connectivity index (χ0n) is 19.2. The Balaban J connectivity index is 1.95. The molecule has 4 rings (SSSR count). The molecule has 4 nitrogen and oxygen atoms in total. The monoisotopic (exact) mass is 397 g/mol. The molecule has 0 fully saturated rings. The zero-order chi connectivity index (χ0) is 23.4. The number of benzene rings is 3. The first kappa shape index (κ1) is 15.9. The van der Waals surface area contributed by atoms with E-state index in [0.717, 1.165) is 44.8 Å². The van der Waals surface area contributed by atoms with E-state index in [1.54, 1.807) is 6.20 Å². The molecule has 3 aromatic carbocycles. The number of carbonyl (C=O) groups is 1. The van der Waals surface area contributed by atoms with Crippen LogP contribution in [0, 0.1) is 0 Å². The third kappa shape index (κ3) is 4.08. The number of hydrogen-bond acceptors (Lipinski definition) is 2. The number of aromatic amines is 1. The van der Waals surface area contributed by atoms with Crippen molar-refractivity contribution in [2.45, 2.75) is 13.3 Å². The summed E-state index contributed by atoms with van der Waals surface area (Å²) in [6.07, 6.45) is 4.24. The lowest BCUT2D eigenvalue weighted by atomic mass is 9.87. The summed E-state index contributed by atoms with van der Waals surface area (Å²) in [5, 5.41) is 16.9. The highest BCUT2D eigenvalue weighted by molar-refractivity contribution is 6.00. The molecule has 0 aliphatic heterocycles. The largest absolute Gasteiger partial charge is 0.478 e. The molecular formula is C26H22N2O2. The van der Waals surface area contributed by atoms with Crippen LogP contribution in [0.25, 0.3) is 28.1 Å². The highest BCUT2D eigenvalue weighted by atomic mass is 16.4. The van der Waals surface area contributed by atoms with Crippen LogP contribution in [0.2, 0.25) is 0 Å². The molecule has 0 aliphatic carbocycles. The molecule has 0 saturated carbocycles. The lowest BCUT2D eigenvalue weighted by Gasteiger charge is -2.16. The van der Waals surface area contributed by atoms with Crippen LogP contribution in [0.3, 0.4) is 0 Å². The number of aromatic nitrogens is 2. The number of nitrogens with one attached hydrogen (secondary N) is 1. The first-order chi connectivity index (χ1) is 15.8. The molecule has 0 aliphatic rings. The van der Waals surface area contributed by atoms with Crippen molar-refractivity contribution in [3.8, 4) is 0 Å². The number of fused-ring (bicyclic) bond motifs is 1. The number of hydrogen-bond donors (Lipinski definition) is 2. The van der Waals surface area contributed by atoms with Crippen LogP contribution in [0.5, 0.6) is 0 Å². The summed E-state index contributed by atoms with van der Waals surface area (Å²) in [6, 6.07) is 22.8. The lowest BCUT2D eigenvalue weighted by Crippen LogP contribution is -1.95. The minimum absolute atomic E-state index is 0.101. The highest BCUT2D eigenvalue weighted by Gasteiger charge is 2.14. The van der Waals surface area contributed by atoms with Gasteiger partial charge in [-0.3, -0.25) is 5.10 Å². The van der Waals surface area contributed by atoms with E-state index in [0.29, 0.717) is 5.57 Å². The molecular weight excluding hydrogens is 372 g/mol. The SMILES string of the molecule is [2H]C([2H])([2H])CC(=C(c1ccc(C=CC(=O)O)cc1)c1ccc2[nH]ncc2c1)c1ccccc1. The second kappa shape index (κ2) is 8.62. The van der Waals surface area contributed by atoms with Crippen molar-refractivity contribution in [3.63, 3.8) is 0 Å². The highest BCUT2D eigenvalue weighted by Crippen LogP contribution is 2.35. The van der Waals surface area contributed by atoms with Gasteiger partial charge >= 0.3 is 5.97 Å². The zero-order valence-corrected chi connectivity index (χ0v) is 16.2. The maximum atomic E-state index is 10.8. The topological polar surface area (TPSA) is 66.0 Å². The average Bonchev–Trinajstić information content (AvgIpc) is 3.26. The predicted molar refractivity (Wildman–Crippen MR) is 122 cm³/mol. The fourth-order valence-corrected chi connectivity index (χ4v) is 3.52. The third-order valence-corrected chi connectivity index (χ3v) is 4.95. The van der Waals surface area contributed by atoms with Gasteiger partial charge in [0.05, 0.1) is 11.7 Å². The molecule has 1 aromatic heterocycles. The summed E-state index contributed by atoms with van der Waals surface area (Å²) < 4.78 is 24.0. The van der Waals surface area contributed by atoms with Gasteiger partial charge in [-0.05, 0) is 58.0 Å². The van der Waals surface area contributed by atoms with Crippen molar-refractivity contribution in [1.82, 2.24) is 10.2 Å². The third-order valence-electron chi connectivity index (χ3n) is 4.95. The van der Waals surface area contributed by atoms with E-state index < -0.39 is 12.8 Å². The van der Waals surface area contributed by atoms with Crippen molar-refractivity contribution in [3.05, 3.63) is 107 Å².